The molecule has 14 heavy (non-hydrogen) atoms. The molecule has 0 saturated carbocycles. The zero-order valence-corrected chi connectivity index (χ0v) is 8.55. The van der Waals surface area contributed by atoms with Crippen LogP contribution in [0.2, 0.25) is 0 Å². The van der Waals surface area contributed by atoms with Crippen LogP contribution in [0.25, 0.3) is 0 Å². The van der Waals surface area contributed by atoms with Gasteiger partial charge in [-0.05, 0) is 12.8 Å². The molecule has 2 atom stereocenters. The van der Waals surface area contributed by atoms with Crippen LogP contribution < -0.4 is 5.32 Å². The normalized spacial score (nSPS) is 35.3. The summed E-state index contributed by atoms with van der Waals surface area (Å²) in [5.74, 6) is 0.283. The summed E-state index contributed by atoms with van der Waals surface area (Å²) in [6.45, 7) is 0.435. The van der Waals surface area contributed by atoms with Gasteiger partial charge in [-0.25, -0.2) is 13.2 Å². The molecule has 0 aromatic carbocycles. The third-order valence-corrected chi connectivity index (χ3v) is 5.04. The molecule has 2 aliphatic heterocycles. The standard InChI is InChI=1S/C8H13NO4S/c10-8-9-5-6(13-8)4-7-2-1-3-14(7,11)12/h6-7H,1-5H2,(H,9,10). The third-order valence-electron chi connectivity index (χ3n) is 2.74. The average Bonchev–Trinajstić information content (AvgIpc) is 2.61. The lowest BCUT2D eigenvalue weighted by atomic mass is 10.1. The molecule has 2 heterocycles. The summed E-state index contributed by atoms with van der Waals surface area (Å²) in [5, 5.41) is 2.21. The minimum Gasteiger partial charge on any atom is -0.444 e. The van der Waals surface area contributed by atoms with Gasteiger partial charge in [0.05, 0.1) is 17.5 Å². The molecule has 2 saturated heterocycles. The first-order valence-electron chi connectivity index (χ1n) is 4.74. The van der Waals surface area contributed by atoms with E-state index in [1.165, 1.54) is 0 Å². The highest BCUT2D eigenvalue weighted by molar-refractivity contribution is 7.92. The quantitative estimate of drug-likeness (QED) is 0.713. The fourth-order valence-corrected chi connectivity index (χ4v) is 3.92. The molecule has 2 fully saturated rings. The lowest BCUT2D eigenvalue weighted by Crippen LogP contribution is -2.25. The highest BCUT2D eigenvalue weighted by atomic mass is 32.2. The van der Waals surface area contributed by atoms with E-state index in [9.17, 15) is 13.2 Å². The number of sulfone groups is 1. The average molecular weight is 219 g/mol. The molecule has 1 N–H and O–H groups in total. The lowest BCUT2D eigenvalue weighted by molar-refractivity contribution is 0.135. The Kier molecular flexibility index (Phi) is 2.38. The molecule has 5 nitrogen and oxygen atoms in total. The van der Waals surface area contributed by atoms with Crippen molar-refractivity contribution in [3.05, 3.63) is 0 Å². The van der Waals surface area contributed by atoms with Crippen molar-refractivity contribution in [1.29, 1.82) is 0 Å². The fraction of sp³-hybridized carbons (Fsp3) is 0.875. The molecule has 0 aliphatic carbocycles. The summed E-state index contributed by atoms with van der Waals surface area (Å²) < 4.78 is 27.8. The number of alkyl carbamates (subject to hydrolysis) is 1. The van der Waals surface area contributed by atoms with E-state index in [1.54, 1.807) is 0 Å². The third kappa shape index (κ3) is 1.84. The number of amides is 1. The van der Waals surface area contributed by atoms with Crippen LogP contribution in [0.1, 0.15) is 19.3 Å². The molecule has 0 aromatic rings. The van der Waals surface area contributed by atoms with Gasteiger partial charge in [-0.15, -0.1) is 0 Å². The zero-order valence-electron chi connectivity index (χ0n) is 7.73. The molecule has 80 valence electrons. The Morgan fingerprint density at radius 3 is 2.79 bits per heavy atom. The maximum absolute atomic E-state index is 11.5. The van der Waals surface area contributed by atoms with Gasteiger partial charge in [-0.1, -0.05) is 0 Å². The minimum absolute atomic E-state index is 0.264. The Balaban J connectivity index is 1.95. The van der Waals surface area contributed by atoms with E-state index in [0.717, 1.165) is 6.42 Å². The molecule has 2 unspecified atom stereocenters. The van der Waals surface area contributed by atoms with Gasteiger partial charge in [0.15, 0.2) is 9.84 Å². The van der Waals surface area contributed by atoms with Gasteiger partial charge < -0.3 is 10.1 Å². The van der Waals surface area contributed by atoms with Gasteiger partial charge in [-0.3, -0.25) is 0 Å². The van der Waals surface area contributed by atoms with E-state index in [2.05, 4.69) is 5.32 Å². The monoisotopic (exact) mass is 219 g/mol. The van der Waals surface area contributed by atoms with Crippen molar-refractivity contribution in [2.24, 2.45) is 0 Å². The fourth-order valence-electron chi connectivity index (χ4n) is 1.98. The van der Waals surface area contributed by atoms with E-state index in [0.29, 0.717) is 19.4 Å². The van der Waals surface area contributed by atoms with Crippen LogP contribution in [0, 0.1) is 0 Å². The van der Waals surface area contributed by atoms with Crippen molar-refractivity contribution in [1.82, 2.24) is 5.32 Å². The molecule has 1 amide bonds. The number of carbonyl (C=O) groups excluding carboxylic acids is 1. The number of carbonyl (C=O) groups is 1. The van der Waals surface area contributed by atoms with E-state index >= 15 is 0 Å². The Morgan fingerprint density at radius 2 is 2.29 bits per heavy atom. The summed E-state index contributed by atoms with van der Waals surface area (Å²) in [6, 6.07) is 0. The smallest absolute Gasteiger partial charge is 0.407 e. The van der Waals surface area contributed by atoms with Gasteiger partial charge in [0.1, 0.15) is 6.10 Å². The Bertz CT molecular complexity index is 337. The van der Waals surface area contributed by atoms with Crippen LogP contribution >= 0.6 is 0 Å². The second-order valence-electron chi connectivity index (χ2n) is 3.78. The molecule has 0 radical (unpaired) electrons. The van der Waals surface area contributed by atoms with Crippen molar-refractivity contribution >= 4 is 15.9 Å². The molecular formula is C8H13NO4S. The van der Waals surface area contributed by atoms with Crippen molar-refractivity contribution in [2.45, 2.75) is 30.6 Å². The van der Waals surface area contributed by atoms with Crippen molar-refractivity contribution in [3.8, 4) is 0 Å². The Morgan fingerprint density at radius 1 is 1.50 bits per heavy atom. The second kappa shape index (κ2) is 3.42. The Labute approximate surface area is 82.7 Å². The van der Waals surface area contributed by atoms with E-state index in [-0.39, 0.29) is 17.1 Å². The van der Waals surface area contributed by atoms with E-state index in [1.807, 2.05) is 0 Å². The first-order chi connectivity index (χ1) is 6.58. The summed E-state index contributed by atoms with van der Waals surface area (Å²) in [7, 11) is -2.91. The number of hydrogen-bond acceptors (Lipinski definition) is 4. The first kappa shape index (κ1) is 9.76. The number of hydrogen-bond donors (Lipinski definition) is 1. The first-order valence-corrected chi connectivity index (χ1v) is 6.45. The van der Waals surface area contributed by atoms with Crippen LogP contribution in [0.15, 0.2) is 0 Å². The summed E-state index contributed by atoms with van der Waals surface area (Å²) >= 11 is 0. The summed E-state index contributed by atoms with van der Waals surface area (Å²) in [6.07, 6.45) is 1.18. The van der Waals surface area contributed by atoms with Crippen molar-refractivity contribution in [2.75, 3.05) is 12.3 Å². The molecular weight excluding hydrogens is 206 g/mol. The number of nitrogens with one attached hydrogen (secondary N) is 1. The van der Waals surface area contributed by atoms with Crippen molar-refractivity contribution in [3.63, 3.8) is 0 Å². The van der Waals surface area contributed by atoms with E-state index in [4.69, 9.17) is 4.74 Å². The largest absolute Gasteiger partial charge is 0.444 e. The topological polar surface area (TPSA) is 72.5 Å². The van der Waals surface area contributed by atoms with Crippen LogP contribution in [0.4, 0.5) is 4.79 Å². The van der Waals surface area contributed by atoms with Gasteiger partial charge in [0.2, 0.25) is 0 Å². The maximum atomic E-state index is 11.5. The highest BCUT2D eigenvalue weighted by Gasteiger charge is 2.35. The van der Waals surface area contributed by atoms with Gasteiger partial charge in [0, 0.05) is 6.42 Å². The van der Waals surface area contributed by atoms with Gasteiger partial charge in [-0.2, -0.15) is 0 Å². The highest BCUT2D eigenvalue weighted by Crippen LogP contribution is 2.25. The predicted molar refractivity (Wildman–Crippen MR) is 49.7 cm³/mol. The zero-order chi connectivity index (χ0) is 10.2. The molecule has 6 heteroatoms. The molecule has 2 aliphatic rings. The number of rotatable bonds is 2. The van der Waals surface area contributed by atoms with Crippen LogP contribution in [0.5, 0.6) is 0 Å². The molecule has 0 spiro atoms. The minimum atomic E-state index is -2.91. The van der Waals surface area contributed by atoms with Crippen LogP contribution in [-0.2, 0) is 14.6 Å². The lowest BCUT2D eigenvalue weighted by Gasteiger charge is -2.12. The Hall–Kier alpha value is -0.780. The van der Waals surface area contributed by atoms with Crippen molar-refractivity contribution < 1.29 is 17.9 Å². The van der Waals surface area contributed by atoms with Crippen LogP contribution in [-0.4, -0.2) is 38.2 Å². The van der Waals surface area contributed by atoms with Gasteiger partial charge >= 0.3 is 6.09 Å². The number of cyclic esters (lactones) is 1. The second-order valence-corrected chi connectivity index (χ2v) is 6.18. The number of ether oxygens (including phenoxy) is 1. The molecule has 0 aromatic heterocycles. The summed E-state index contributed by atoms with van der Waals surface area (Å²) in [5.41, 5.74) is 0. The van der Waals surface area contributed by atoms with E-state index < -0.39 is 15.9 Å². The maximum Gasteiger partial charge on any atom is 0.407 e. The molecule has 2 rings (SSSR count). The predicted octanol–water partition coefficient (Wildman–Crippen LogP) is 0.0621. The summed E-state index contributed by atoms with van der Waals surface area (Å²) in [4.78, 5) is 10.7. The van der Waals surface area contributed by atoms with Crippen LogP contribution in [0.3, 0.4) is 0 Å². The van der Waals surface area contributed by atoms with Gasteiger partial charge in [0.25, 0.3) is 0 Å². The SMILES string of the molecule is O=C1NCC(CC2CCCS2(=O)=O)O1. The molecule has 0 bridgehead atoms.